The molecule has 0 amide bonds. The maximum Gasteiger partial charge on any atom is 0.0251 e. The van der Waals surface area contributed by atoms with Crippen molar-refractivity contribution in [2.24, 2.45) is 5.92 Å². The fraction of sp³-hybridized carbons (Fsp3) is 1.00. The van der Waals surface area contributed by atoms with Crippen LogP contribution in [0.15, 0.2) is 0 Å². The van der Waals surface area contributed by atoms with Crippen LogP contribution in [0.2, 0.25) is 0 Å². The molecule has 0 saturated heterocycles. The van der Waals surface area contributed by atoms with Gasteiger partial charge in [-0.2, -0.15) is 0 Å². The van der Waals surface area contributed by atoms with Gasteiger partial charge in [-0.3, -0.25) is 0 Å². The van der Waals surface area contributed by atoms with Crippen LogP contribution < -0.4 is 0 Å². The van der Waals surface area contributed by atoms with Gasteiger partial charge in [0.2, 0.25) is 0 Å². The second-order valence-corrected chi connectivity index (χ2v) is 4.10. The van der Waals surface area contributed by atoms with Gasteiger partial charge in [0.15, 0.2) is 0 Å². The van der Waals surface area contributed by atoms with Gasteiger partial charge in [-0.1, -0.05) is 0 Å². The molecule has 0 bridgehead atoms. The molecule has 2 heteroatoms. The third-order valence-electron chi connectivity index (χ3n) is 2.76. The molecule has 0 unspecified atom stereocenters. The van der Waals surface area contributed by atoms with Gasteiger partial charge in [0.1, 0.15) is 0 Å². The molecule has 1 saturated carbocycles. The van der Waals surface area contributed by atoms with E-state index in [1.807, 2.05) is 0 Å². The Balaban J connectivity index is 2.24. The maximum absolute atomic E-state index is 5.79. The lowest BCUT2D eigenvalue weighted by Gasteiger charge is -2.31. The van der Waals surface area contributed by atoms with E-state index >= 15 is 0 Å². The Hall–Kier alpha value is 0.250. The minimum Gasteiger partial charge on any atom is -0.306 e. The Morgan fingerprint density at radius 1 is 1.18 bits per heavy atom. The molecule has 0 aromatic rings. The third kappa shape index (κ3) is 2.64. The number of hydrogen-bond acceptors (Lipinski definition) is 1. The molecule has 1 fully saturated rings. The normalized spacial score (nSPS) is 32.7. The molecule has 1 rings (SSSR count). The summed E-state index contributed by atoms with van der Waals surface area (Å²) in [7, 11) is 4.34. The zero-order valence-corrected chi connectivity index (χ0v) is 8.27. The molecule has 66 valence electrons. The van der Waals surface area contributed by atoms with Gasteiger partial charge in [0.05, 0.1) is 0 Å². The molecule has 1 aliphatic rings. The molecular weight excluding hydrogens is 158 g/mol. The first kappa shape index (κ1) is 9.34. The average Bonchev–Trinajstić information content (AvgIpc) is 2.05. The Kier molecular flexibility index (Phi) is 3.67. The van der Waals surface area contributed by atoms with Crippen molar-refractivity contribution in [2.45, 2.75) is 31.7 Å². The Bertz CT molecular complexity index is 106. The smallest absolute Gasteiger partial charge is 0.0251 e. The van der Waals surface area contributed by atoms with Crippen LogP contribution in [0.25, 0.3) is 0 Å². The molecule has 1 aliphatic carbocycles. The maximum atomic E-state index is 5.79. The highest BCUT2D eigenvalue weighted by Gasteiger charge is 2.21. The standard InChI is InChI=1S/C9H18ClN/c1-11(2)9-5-3-8(7-10)4-6-9/h8-9H,3-7H2,1-2H3/t8-,9+. The van der Waals surface area contributed by atoms with Crippen LogP contribution >= 0.6 is 11.6 Å². The average molecular weight is 176 g/mol. The van der Waals surface area contributed by atoms with E-state index in [9.17, 15) is 0 Å². The van der Waals surface area contributed by atoms with Crippen molar-refractivity contribution >= 4 is 11.6 Å². The molecule has 1 nitrogen and oxygen atoms in total. The summed E-state index contributed by atoms with van der Waals surface area (Å²) in [5.41, 5.74) is 0. The van der Waals surface area contributed by atoms with Crippen molar-refractivity contribution in [3.8, 4) is 0 Å². The molecule has 0 aromatic carbocycles. The van der Waals surface area contributed by atoms with Crippen LogP contribution in [-0.4, -0.2) is 30.9 Å². The van der Waals surface area contributed by atoms with Gasteiger partial charge >= 0.3 is 0 Å². The van der Waals surface area contributed by atoms with Crippen molar-refractivity contribution in [2.75, 3.05) is 20.0 Å². The lowest BCUT2D eigenvalue weighted by Crippen LogP contribution is -2.32. The molecule has 0 aromatic heterocycles. The Morgan fingerprint density at radius 3 is 2.09 bits per heavy atom. The van der Waals surface area contributed by atoms with Crippen molar-refractivity contribution in [3.05, 3.63) is 0 Å². The highest BCUT2D eigenvalue weighted by molar-refractivity contribution is 6.18. The quantitative estimate of drug-likeness (QED) is 0.583. The number of nitrogens with zero attached hydrogens (tertiary/aromatic N) is 1. The summed E-state index contributed by atoms with van der Waals surface area (Å²) < 4.78 is 0. The lowest BCUT2D eigenvalue weighted by molar-refractivity contribution is 0.201. The molecule has 0 N–H and O–H groups in total. The summed E-state index contributed by atoms with van der Waals surface area (Å²) in [6.07, 6.45) is 5.33. The van der Waals surface area contributed by atoms with Gasteiger partial charge in [0.25, 0.3) is 0 Å². The second kappa shape index (κ2) is 4.32. The summed E-state index contributed by atoms with van der Waals surface area (Å²) in [4.78, 5) is 2.34. The van der Waals surface area contributed by atoms with Gasteiger partial charge in [-0.05, 0) is 45.7 Å². The van der Waals surface area contributed by atoms with Gasteiger partial charge in [-0.25, -0.2) is 0 Å². The van der Waals surface area contributed by atoms with Crippen LogP contribution in [0.3, 0.4) is 0 Å². The van der Waals surface area contributed by atoms with Crippen LogP contribution in [0.1, 0.15) is 25.7 Å². The van der Waals surface area contributed by atoms with Crippen molar-refractivity contribution in [1.82, 2.24) is 4.90 Å². The lowest BCUT2D eigenvalue weighted by atomic mass is 9.87. The molecule has 0 atom stereocenters. The number of hydrogen-bond donors (Lipinski definition) is 0. The van der Waals surface area contributed by atoms with E-state index < -0.39 is 0 Å². The summed E-state index contributed by atoms with van der Waals surface area (Å²) in [6, 6.07) is 0.814. The summed E-state index contributed by atoms with van der Waals surface area (Å²) in [6.45, 7) is 0. The predicted molar refractivity (Wildman–Crippen MR) is 50.2 cm³/mol. The monoisotopic (exact) mass is 175 g/mol. The largest absolute Gasteiger partial charge is 0.306 e. The SMILES string of the molecule is CN(C)[C@H]1CC[C@@H](CCl)CC1. The first-order valence-corrected chi connectivity index (χ1v) is 5.00. The molecule has 0 radical (unpaired) electrons. The summed E-state index contributed by atoms with van der Waals surface area (Å²) in [5, 5.41) is 0. The van der Waals surface area contributed by atoms with Crippen LogP contribution in [0.4, 0.5) is 0 Å². The first-order chi connectivity index (χ1) is 5.24. The predicted octanol–water partition coefficient (Wildman–Crippen LogP) is 2.35. The minimum atomic E-state index is 0.799. The van der Waals surface area contributed by atoms with Crippen molar-refractivity contribution in [3.63, 3.8) is 0 Å². The number of alkyl halides is 1. The topological polar surface area (TPSA) is 3.24 Å². The highest BCUT2D eigenvalue weighted by Crippen LogP contribution is 2.26. The van der Waals surface area contributed by atoms with Crippen LogP contribution in [0.5, 0.6) is 0 Å². The zero-order chi connectivity index (χ0) is 8.27. The first-order valence-electron chi connectivity index (χ1n) is 4.46. The van der Waals surface area contributed by atoms with E-state index in [4.69, 9.17) is 11.6 Å². The summed E-state index contributed by atoms with van der Waals surface area (Å²) in [5.74, 6) is 1.66. The van der Waals surface area contributed by atoms with E-state index in [2.05, 4.69) is 19.0 Å². The molecule has 0 spiro atoms. The fourth-order valence-electron chi connectivity index (χ4n) is 1.82. The van der Waals surface area contributed by atoms with Gasteiger partial charge < -0.3 is 4.90 Å². The molecule has 11 heavy (non-hydrogen) atoms. The Labute approximate surface area is 74.7 Å². The Morgan fingerprint density at radius 2 is 1.73 bits per heavy atom. The van der Waals surface area contributed by atoms with Crippen LogP contribution in [-0.2, 0) is 0 Å². The molecule has 0 heterocycles. The molecular formula is C9H18ClN. The van der Waals surface area contributed by atoms with Crippen molar-refractivity contribution < 1.29 is 0 Å². The molecule has 0 aliphatic heterocycles. The summed E-state index contributed by atoms with van der Waals surface area (Å²) >= 11 is 5.79. The number of halogens is 1. The number of rotatable bonds is 2. The fourth-order valence-corrected chi connectivity index (χ4v) is 2.12. The van der Waals surface area contributed by atoms with Gasteiger partial charge in [-0.15, -0.1) is 11.6 Å². The van der Waals surface area contributed by atoms with E-state index in [1.54, 1.807) is 0 Å². The zero-order valence-electron chi connectivity index (χ0n) is 7.52. The second-order valence-electron chi connectivity index (χ2n) is 3.79. The third-order valence-corrected chi connectivity index (χ3v) is 3.20. The minimum absolute atomic E-state index is 0.799. The van der Waals surface area contributed by atoms with Crippen LogP contribution in [0, 0.1) is 5.92 Å². The highest BCUT2D eigenvalue weighted by atomic mass is 35.5. The van der Waals surface area contributed by atoms with E-state index in [0.717, 1.165) is 17.8 Å². The van der Waals surface area contributed by atoms with E-state index in [-0.39, 0.29) is 0 Å². The van der Waals surface area contributed by atoms with E-state index in [1.165, 1.54) is 25.7 Å². The van der Waals surface area contributed by atoms with E-state index in [0.29, 0.717) is 0 Å². The van der Waals surface area contributed by atoms with Crippen molar-refractivity contribution in [1.29, 1.82) is 0 Å². The van der Waals surface area contributed by atoms with Gasteiger partial charge in [0, 0.05) is 11.9 Å².